The molecule has 10 heavy (non-hydrogen) atoms. The van der Waals surface area contributed by atoms with Crippen LogP contribution < -0.4 is 5.73 Å². The summed E-state index contributed by atoms with van der Waals surface area (Å²) in [6.07, 6.45) is 3.11. The molecular weight excluding hydrogens is 130 g/mol. The van der Waals surface area contributed by atoms with Gasteiger partial charge in [-0.3, -0.25) is 0 Å². The van der Waals surface area contributed by atoms with Gasteiger partial charge in [-0.1, -0.05) is 12.2 Å². The van der Waals surface area contributed by atoms with Crippen LogP contribution in [0.1, 0.15) is 13.8 Å². The number of hydrogen-bond acceptors (Lipinski definition) is 2. The van der Waals surface area contributed by atoms with E-state index in [-0.39, 0.29) is 5.57 Å². The zero-order valence-electron chi connectivity index (χ0n) is 6.09. The first-order chi connectivity index (χ1) is 4.59. The quantitative estimate of drug-likeness (QED) is 0.443. The summed E-state index contributed by atoms with van der Waals surface area (Å²) in [5.41, 5.74) is 5.75. The number of carbonyl (C=O) groups is 1. The van der Waals surface area contributed by atoms with Crippen molar-refractivity contribution in [3.63, 3.8) is 0 Å². The molecule has 0 aliphatic heterocycles. The zero-order chi connectivity index (χ0) is 8.15. The maximum Gasteiger partial charge on any atom is 0.337 e. The highest BCUT2D eigenvalue weighted by Crippen LogP contribution is 2.00. The lowest BCUT2D eigenvalue weighted by atomic mass is 10.2. The fourth-order valence-corrected chi connectivity index (χ4v) is 0.538. The van der Waals surface area contributed by atoms with E-state index in [4.69, 9.17) is 10.8 Å². The van der Waals surface area contributed by atoms with Gasteiger partial charge in [-0.2, -0.15) is 0 Å². The maximum absolute atomic E-state index is 10.3. The average molecular weight is 141 g/mol. The second kappa shape index (κ2) is 3.71. The largest absolute Gasteiger partial charge is 0.478 e. The van der Waals surface area contributed by atoms with Crippen molar-refractivity contribution in [1.29, 1.82) is 0 Å². The topological polar surface area (TPSA) is 63.3 Å². The van der Waals surface area contributed by atoms with Crippen LogP contribution >= 0.6 is 0 Å². The molecule has 0 amide bonds. The Hall–Kier alpha value is -1.25. The van der Waals surface area contributed by atoms with Gasteiger partial charge in [-0.15, -0.1) is 0 Å². The molecule has 3 heteroatoms. The molecule has 3 nitrogen and oxygen atoms in total. The first-order valence-electron chi connectivity index (χ1n) is 2.92. The molecule has 0 aliphatic rings. The number of rotatable bonds is 2. The number of allylic oxidation sites excluding steroid dienone is 2. The molecule has 0 aromatic carbocycles. The lowest BCUT2D eigenvalue weighted by Gasteiger charge is -1.95. The Morgan fingerprint density at radius 2 is 2.10 bits per heavy atom. The summed E-state index contributed by atoms with van der Waals surface area (Å²) in [7, 11) is 0. The maximum atomic E-state index is 10.3. The predicted molar refractivity (Wildman–Crippen MR) is 39.3 cm³/mol. The molecule has 0 aromatic rings. The van der Waals surface area contributed by atoms with Crippen LogP contribution in [0.4, 0.5) is 0 Å². The molecule has 0 aliphatic carbocycles. The van der Waals surface area contributed by atoms with Crippen LogP contribution in [-0.2, 0) is 4.79 Å². The van der Waals surface area contributed by atoms with Gasteiger partial charge in [-0.25, -0.2) is 4.79 Å². The molecule has 0 aromatic heterocycles. The van der Waals surface area contributed by atoms with Crippen molar-refractivity contribution in [2.24, 2.45) is 5.73 Å². The van der Waals surface area contributed by atoms with Gasteiger partial charge in [0, 0.05) is 5.70 Å². The molecule has 0 fully saturated rings. The highest BCUT2D eigenvalue weighted by molar-refractivity contribution is 5.90. The zero-order valence-corrected chi connectivity index (χ0v) is 6.09. The Labute approximate surface area is 59.8 Å². The van der Waals surface area contributed by atoms with Gasteiger partial charge < -0.3 is 10.8 Å². The van der Waals surface area contributed by atoms with E-state index in [1.165, 1.54) is 6.08 Å². The van der Waals surface area contributed by atoms with Gasteiger partial charge in [0.1, 0.15) is 0 Å². The van der Waals surface area contributed by atoms with Crippen LogP contribution in [0.2, 0.25) is 0 Å². The van der Waals surface area contributed by atoms with Crippen molar-refractivity contribution in [2.75, 3.05) is 0 Å². The van der Waals surface area contributed by atoms with Crippen LogP contribution in [0.3, 0.4) is 0 Å². The van der Waals surface area contributed by atoms with E-state index in [0.29, 0.717) is 5.70 Å². The Morgan fingerprint density at radius 1 is 1.60 bits per heavy atom. The van der Waals surface area contributed by atoms with Gasteiger partial charge in [0.25, 0.3) is 0 Å². The Bertz CT molecular complexity index is 188. The number of carboxylic acids is 1. The van der Waals surface area contributed by atoms with Gasteiger partial charge in [0.2, 0.25) is 0 Å². The molecule has 56 valence electrons. The van der Waals surface area contributed by atoms with Crippen molar-refractivity contribution in [1.82, 2.24) is 0 Å². The average Bonchev–Trinajstić information content (AvgIpc) is 1.81. The smallest absolute Gasteiger partial charge is 0.337 e. The van der Waals surface area contributed by atoms with E-state index in [1.54, 1.807) is 19.9 Å². The Balaban J connectivity index is 4.61. The van der Waals surface area contributed by atoms with E-state index in [9.17, 15) is 4.79 Å². The van der Waals surface area contributed by atoms with Crippen molar-refractivity contribution < 1.29 is 9.90 Å². The minimum Gasteiger partial charge on any atom is -0.478 e. The van der Waals surface area contributed by atoms with Crippen LogP contribution in [0.15, 0.2) is 23.4 Å². The molecule has 0 heterocycles. The van der Waals surface area contributed by atoms with Crippen molar-refractivity contribution in [2.45, 2.75) is 13.8 Å². The number of hydrogen-bond donors (Lipinski definition) is 2. The third-order valence-electron chi connectivity index (χ3n) is 0.989. The minimum atomic E-state index is -0.988. The summed E-state index contributed by atoms with van der Waals surface area (Å²) in [6.45, 7) is 3.30. The SMILES string of the molecule is C/C=C\C(C(=O)O)=C(/C)N. The van der Waals surface area contributed by atoms with E-state index in [2.05, 4.69) is 0 Å². The van der Waals surface area contributed by atoms with Crippen LogP contribution in [0.5, 0.6) is 0 Å². The van der Waals surface area contributed by atoms with Gasteiger partial charge >= 0.3 is 5.97 Å². The Morgan fingerprint density at radius 3 is 2.20 bits per heavy atom. The molecule has 0 atom stereocenters. The summed E-state index contributed by atoms with van der Waals surface area (Å²) in [4.78, 5) is 10.3. The van der Waals surface area contributed by atoms with Gasteiger partial charge in [-0.05, 0) is 13.8 Å². The normalized spacial score (nSPS) is 13.4. The van der Waals surface area contributed by atoms with E-state index in [0.717, 1.165) is 0 Å². The van der Waals surface area contributed by atoms with Crippen LogP contribution in [0.25, 0.3) is 0 Å². The van der Waals surface area contributed by atoms with Crippen molar-refractivity contribution >= 4 is 5.97 Å². The van der Waals surface area contributed by atoms with E-state index >= 15 is 0 Å². The highest BCUT2D eigenvalue weighted by atomic mass is 16.4. The molecule has 0 rings (SSSR count). The molecule has 0 unspecified atom stereocenters. The molecule has 3 N–H and O–H groups in total. The molecule has 0 saturated heterocycles. The van der Waals surface area contributed by atoms with Crippen LogP contribution in [-0.4, -0.2) is 11.1 Å². The summed E-state index contributed by atoms with van der Waals surface area (Å²) in [5.74, 6) is -0.988. The number of carboxylic acid groups (broad SMARTS) is 1. The molecular formula is C7H11NO2. The summed E-state index contributed by atoms with van der Waals surface area (Å²) in [5, 5.41) is 8.49. The summed E-state index contributed by atoms with van der Waals surface area (Å²) >= 11 is 0. The monoisotopic (exact) mass is 141 g/mol. The standard InChI is InChI=1S/C7H11NO2/c1-3-4-6(5(2)8)7(9)10/h3-4H,8H2,1-2H3,(H,9,10)/b4-3-,6-5-. The predicted octanol–water partition coefficient (Wildman–Crippen LogP) is 0.880. The second-order valence-corrected chi connectivity index (χ2v) is 1.90. The first-order valence-corrected chi connectivity index (χ1v) is 2.92. The summed E-state index contributed by atoms with van der Waals surface area (Å²) < 4.78 is 0. The lowest BCUT2D eigenvalue weighted by Crippen LogP contribution is -2.05. The molecule has 0 saturated carbocycles. The fraction of sp³-hybridized carbons (Fsp3) is 0.286. The molecule has 0 spiro atoms. The van der Waals surface area contributed by atoms with E-state index < -0.39 is 5.97 Å². The summed E-state index contributed by atoms with van der Waals surface area (Å²) in [6, 6.07) is 0. The van der Waals surface area contributed by atoms with Crippen LogP contribution in [0, 0.1) is 0 Å². The third-order valence-corrected chi connectivity index (χ3v) is 0.989. The number of aliphatic carboxylic acids is 1. The number of nitrogens with two attached hydrogens (primary N) is 1. The second-order valence-electron chi connectivity index (χ2n) is 1.90. The highest BCUT2D eigenvalue weighted by Gasteiger charge is 2.03. The van der Waals surface area contributed by atoms with Crippen molar-refractivity contribution in [3.8, 4) is 0 Å². The van der Waals surface area contributed by atoms with E-state index in [1.807, 2.05) is 0 Å². The van der Waals surface area contributed by atoms with Crippen molar-refractivity contribution in [3.05, 3.63) is 23.4 Å². The third kappa shape index (κ3) is 2.35. The van der Waals surface area contributed by atoms with Gasteiger partial charge in [0.15, 0.2) is 0 Å². The minimum absolute atomic E-state index is 0.155. The lowest BCUT2D eigenvalue weighted by molar-refractivity contribution is -0.132. The fourth-order valence-electron chi connectivity index (χ4n) is 0.538. The molecule has 0 radical (unpaired) electrons. The van der Waals surface area contributed by atoms with Gasteiger partial charge in [0.05, 0.1) is 5.57 Å². The first kappa shape index (κ1) is 8.75. The molecule has 0 bridgehead atoms. The Kier molecular flexibility index (Phi) is 3.25.